The number of halogens is 3. The van der Waals surface area contributed by atoms with E-state index in [0.717, 1.165) is 35.7 Å². The summed E-state index contributed by atoms with van der Waals surface area (Å²) in [5.41, 5.74) is -0.969. The highest BCUT2D eigenvalue weighted by Crippen LogP contribution is 2.34. The molecule has 1 amide bonds. The lowest BCUT2D eigenvalue weighted by Crippen LogP contribution is -2.21. The molecule has 2 aromatic carbocycles. The molecule has 7 nitrogen and oxygen atoms in total. The summed E-state index contributed by atoms with van der Waals surface area (Å²) in [5.74, 6) is -1.12. The molecule has 0 spiro atoms. The average Bonchev–Trinajstić information content (AvgIpc) is 2.71. The van der Waals surface area contributed by atoms with E-state index in [9.17, 15) is 31.2 Å². The lowest BCUT2D eigenvalue weighted by molar-refractivity contribution is -0.137. The third kappa shape index (κ3) is 5.63. The summed E-state index contributed by atoms with van der Waals surface area (Å²) in [6.07, 6.45) is -3.74. The molecule has 12 heteroatoms. The van der Waals surface area contributed by atoms with Gasteiger partial charge < -0.3 is 10.3 Å². The Labute approximate surface area is 191 Å². The average molecular weight is 498 g/mol. The quantitative estimate of drug-likeness (QED) is 0.394. The van der Waals surface area contributed by atoms with Crippen LogP contribution in [-0.2, 0) is 20.8 Å². The summed E-state index contributed by atoms with van der Waals surface area (Å²) in [7, 11) is -4.13. The number of anilines is 1. The molecule has 0 saturated heterocycles. The summed E-state index contributed by atoms with van der Waals surface area (Å²) < 4.78 is 64.8. The van der Waals surface area contributed by atoms with E-state index in [1.54, 1.807) is 19.1 Å². The zero-order valence-corrected chi connectivity index (χ0v) is 19.0. The molecule has 33 heavy (non-hydrogen) atoms. The molecule has 0 fully saturated rings. The minimum absolute atomic E-state index is 0.0245. The number of hydrogen-bond donors (Lipinski definition) is 2. The van der Waals surface area contributed by atoms with Crippen LogP contribution in [0.3, 0.4) is 0 Å². The lowest BCUT2D eigenvalue weighted by Gasteiger charge is -2.13. The molecular formula is C21H18F3N3O4S2. The molecule has 0 aliphatic heterocycles. The summed E-state index contributed by atoms with van der Waals surface area (Å²) in [5, 5.41) is 2.12. The highest BCUT2D eigenvalue weighted by Gasteiger charge is 2.33. The van der Waals surface area contributed by atoms with Crippen molar-refractivity contribution in [3.63, 3.8) is 0 Å². The van der Waals surface area contributed by atoms with E-state index in [2.05, 4.69) is 15.3 Å². The van der Waals surface area contributed by atoms with Gasteiger partial charge in [0, 0.05) is 0 Å². The zero-order valence-electron chi connectivity index (χ0n) is 17.4. The number of carbonyl (C=O) groups is 1. The normalized spacial score (nSPS) is 11.9. The van der Waals surface area contributed by atoms with Crippen molar-refractivity contribution in [2.75, 3.05) is 11.1 Å². The van der Waals surface area contributed by atoms with Crippen molar-refractivity contribution >= 4 is 33.2 Å². The van der Waals surface area contributed by atoms with Gasteiger partial charge in [-0.1, -0.05) is 41.6 Å². The van der Waals surface area contributed by atoms with Crippen molar-refractivity contribution in [3.05, 3.63) is 75.7 Å². The summed E-state index contributed by atoms with van der Waals surface area (Å²) in [6.45, 7) is 3.42. The Hall–Kier alpha value is -3.12. The summed E-state index contributed by atoms with van der Waals surface area (Å²) >= 11 is 0.741. The summed E-state index contributed by atoms with van der Waals surface area (Å²) in [4.78, 5) is 30.1. The van der Waals surface area contributed by atoms with E-state index in [1.165, 1.54) is 18.2 Å². The van der Waals surface area contributed by atoms with Crippen molar-refractivity contribution < 1.29 is 26.4 Å². The predicted octanol–water partition coefficient (Wildman–Crippen LogP) is 3.97. The van der Waals surface area contributed by atoms with E-state index in [0.29, 0.717) is 5.56 Å². The fraction of sp³-hybridized carbons (Fsp3) is 0.190. The Balaban J connectivity index is 1.74. The number of aromatic nitrogens is 2. The number of alkyl halides is 3. The minimum Gasteiger partial charge on any atom is -0.325 e. The van der Waals surface area contributed by atoms with Gasteiger partial charge in [0.15, 0.2) is 10.1 Å². The molecule has 3 rings (SSSR count). The molecule has 1 aromatic heterocycles. The first kappa shape index (κ1) is 24.5. The lowest BCUT2D eigenvalue weighted by atomic mass is 10.1. The third-order valence-electron chi connectivity index (χ3n) is 4.50. The first-order valence-corrected chi connectivity index (χ1v) is 11.9. The van der Waals surface area contributed by atoms with E-state index in [-0.39, 0.29) is 15.8 Å². The van der Waals surface area contributed by atoms with Gasteiger partial charge >= 0.3 is 6.18 Å². The van der Waals surface area contributed by atoms with Gasteiger partial charge in [-0.15, -0.1) is 0 Å². The van der Waals surface area contributed by atoms with Crippen LogP contribution in [0.2, 0.25) is 0 Å². The molecule has 1 heterocycles. The second-order valence-electron chi connectivity index (χ2n) is 7.03. The van der Waals surface area contributed by atoms with Crippen molar-refractivity contribution in [3.8, 4) is 0 Å². The number of sulfone groups is 1. The Kier molecular flexibility index (Phi) is 6.98. The highest BCUT2D eigenvalue weighted by molar-refractivity contribution is 7.99. The molecule has 0 aliphatic carbocycles. The smallest absolute Gasteiger partial charge is 0.325 e. The van der Waals surface area contributed by atoms with Crippen LogP contribution >= 0.6 is 11.8 Å². The number of para-hydroxylation sites is 1. The second-order valence-corrected chi connectivity index (χ2v) is 9.88. The minimum atomic E-state index is -4.64. The molecule has 0 unspecified atom stereocenters. The number of benzene rings is 2. The molecule has 0 atom stereocenters. The monoisotopic (exact) mass is 497 g/mol. The number of H-pyrrole nitrogens is 1. The standard InChI is InChI=1S/C21H18F3N3O4S2/c1-12-7-8-16(13(2)9-12)33(30,31)17-10-25-20(27-19(17)29)32-11-18(28)26-15-6-4-3-5-14(15)21(22,23)24/h3-10H,11H2,1-2H3,(H,26,28)(H,25,27,29). The fourth-order valence-electron chi connectivity index (χ4n) is 3.01. The SMILES string of the molecule is Cc1ccc(S(=O)(=O)c2cnc(SCC(=O)Nc3ccccc3C(F)(F)F)[nH]c2=O)c(C)c1. The third-order valence-corrected chi connectivity index (χ3v) is 7.29. The largest absolute Gasteiger partial charge is 0.418 e. The first-order chi connectivity index (χ1) is 15.4. The Morgan fingerprint density at radius 3 is 2.45 bits per heavy atom. The maximum atomic E-state index is 13.0. The van der Waals surface area contributed by atoms with Crippen LogP contribution in [0.5, 0.6) is 0 Å². The van der Waals surface area contributed by atoms with Gasteiger partial charge in [0.1, 0.15) is 0 Å². The number of aryl methyl sites for hydroxylation is 2. The zero-order chi connectivity index (χ0) is 24.4. The molecule has 2 N–H and O–H groups in total. The van der Waals surface area contributed by atoms with Crippen LogP contribution in [0, 0.1) is 13.8 Å². The fourth-order valence-corrected chi connectivity index (χ4v) is 5.10. The Morgan fingerprint density at radius 2 is 1.82 bits per heavy atom. The molecular weight excluding hydrogens is 479 g/mol. The number of nitrogens with zero attached hydrogens (tertiary/aromatic N) is 1. The van der Waals surface area contributed by atoms with E-state index >= 15 is 0 Å². The maximum Gasteiger partial charge on any atom is 0.418 e. The molecule has 0 bridgehead atoms. The molecule has 174 valence electrons. The van der Waals surface area contributed by atoms with Gasteiger partial charge in [0.2, 0.25) is 15.7 Å². The number of amides is 1. The number of nitrogens with one attached hydrogen (secondary N) is 2. The summed E-state index contributed by atoms with van der Waals surface area (Å²) in [6, 6.07) is 9.22. The van der Waals surface area contributed by atoms with Crippen LogP contribution in [0.1, 0.15) is 16.7 Å². The number of rotatable bonds is 6. The number of thioether (sulfide) groups is 1. The van der Waals surface area contributed by atoms with Crippen LogP contribution in [-0.4, -0.2) is 30.0 Å². The van der Waals surface area contributed by atoms with Gasteiger partial charge in [-0.05, 0) is 37.6 Å². The second kappa shape index (κ2) is 9.40. The Morgan fingerprint density at radius 1 is 1.12 bits per heavy atom. The maximum absolute atomic E-state index is 13.0. The van der Waals surface area contributed by atoms with Crippen LogP contribution in [0.25, 0.3) is 0 Å². The Bertz CT molecular complexity index is 1370. The highest BCUT2D eigenvalue weighted by atomic mass is 32.2. The van der Waals surface area contributed by atoms with Crippen molar-refractivity contribution in [2.45, 2.75) is 35.0 Å². The van der Waals surface area contributed by atoms with E-state index in [4.69, 9.17) is 0 Å². The van der Waals surface area contributed by atoms with E-state index < -0.39 is 43.6 Å². The van der Waals surface area contributed by atoms with Crippen LogP contribution in [0.4, 0.5) is 18.9 Å². The topological polar surface area (TPSA) is 109 Å². The van der Waals surface area contributed by atoms with Crippen molar-refractivity contribution in [2.24, 2.45) is 0 Å². The number of hydrogen-bond acceptors (Lipinski definition) is 6. The van der Waals surface area contributed by atoms with Crippen LogP contribution < -0.4 is 10.9 Å². The van der Waals surface area contributed by atoms with Gasteiger partial charge in [0.25, 0.3) is 5.56 Å². The van der Waals surface area contributed by atoms with Crippen molar-refractivity contribution in [1.82, 2.24) is 9.97 Å². The van der Waals surface area contributed by atoms with Crippen LogP contribution in [0.15, 0.2) is 68.4 Å². The van der Waals surface area contributed by atoms with Crippen molar-refractivity contribution in [1.29, 1.82) is 0 Å². The van der Waals surface area contributed by atoms with Gasteiger partial charge in [0.05, 0.1) is 28.1 Å². The van der Waals surface area contributed by atoms with Gasteiger partial charge in [-0.2, -0.15) is 13.2 Å². The predicted molar refractivity (Wildman–Crippen MR) is 117 cm³/mol. The molecule has 0 radical (unpaired) electrons. The van der Waals surface area contributed by atoms with Gasteiger partial charge in [-0.25, -0.2) is 13.4 Å². The number of aromatic amines is 1. The molecule has 0 saturated carbocycles. The molecule has 0 aliphatic rings. The molecule has 3 aromatic rings. The first-order valence-electron chi connectivity index (χ1n) is 9.40. The van der Waals surface area contributed by atoms with E-state index in [1.807, 2.05) is 6.92 Å². The number of carbonyl (C=O) groups excluding carboxylic acids is 1. The van der Waals surface area contributed by atoms with Gasteiger partial charge in [-0.3, -0.25) is 9.59 Å².